The molecule has 0 saturated carbocycles. The molecule has 1 heterocycles. The fourth-order valence-corrected chi connectivity index (χ4v) is 3.96. The fourth-order valence-electron chi connectivity index (χ4n) is 3.96. The minimum Gasteiger partial charge on any atom is -0.497 e. The molecule has 21 heavy (non-hydrogen) atoms. The summed E-state index contributed by atoms with van der Waals surface area (Å²) in [7, 11) is 1.74. The Morgan fingerprint density at radius 2 is 1.90 bits per heavy atom. The molecule has 110 valence electrons. The van der Waals surface area contributed by atoms with E-state index in [1.165, 1.54) is 29.7 Å². The average Bonchev–Trinajstić information content (AvgIpc) is 2.87. The topological polar surface area (TPSA) is 22.1 Å². The zero-order valence-electron chi connectivity index (χ0n) is 13.0. The van der Waals surface area contributed by atoms with Crippen LogP contribution in [0.2, 0.25) is 0 Å². The quantitative estimate of drug-likeness (QED) is 0.806. The summed E-state index contributed by atoms with van der Waals surface area (Å²) < 4.78 is 5.44. The van der Waals surface area contributed by atoms with E-state index in [1.807, 2.05) is 12.3 Å². The van der Waals surface area contributed by atoms with Crippen LogP contribution in [0.15, 0.2) is 42.6 Å². The van der Waals surface area contributed by atoms with Crippen LogP contribution < -0.4 is 4.74 Å². The first-order valence-corrected chi connectivity index (χ1v) is 7.88. The summed E-state index contributed by atoms with van der Waals surface area (Å²) >= 11 is 0. The molecule has 0 spiro atoms. The van der Waals surface area contributed by atoms with E-state index in [4.69, 9.17) is 4.74 Å². The number of fused-ring (bicyclic) bond motifs is 1. The molecule has 0 aliphatic heterocycles. The monoisotopic (exact) mass is 281 g/mol. The van der Waals surface area contributed by atoms with Gasteiger partial charge in [-0.3, -0.25) is 4.98 Å². The van der Waals surface area contributed by atoms with Crippen LogP contribution >= 0.6 is 0 Å². The van der Waals surface area contributed by atoms with Crippen molar-refractivity contribution in [3.05, 3.63) is 59.4 Å². The van der Waals surface area contributed by atoms with Crippen molar-refractivity contribution in [2.45, 2.75) is 38.5 Å². The van der Waals surface area contributed by atoms with Gasteiger partial charge >= 0.3 is 0 Å². The highest BCUT2D eigenvalue weighted by molar-refractivity contribution is 5.48. The van der Waals surface area contributed by atoms with Crippen LogP contribution in [0, 0.1) is 5.92 Å². The number of hydrogen-bond acceptors (Lipinski definition) is 2. The average molecular weight is 281 g/mol. The highest BCUT2D eigenvalue weighted by Crippen LogP contribution is 2.52. The first-order valence-electron chi connectivity index (χ1n) is 7.88. The van der Waals surface area contributed by atoms with E-state index in [0.29, 0.717) is 17.8 Å². The molecule has 1 aliphatic carbocycles. The Balaban J connectivity index is 2.14. The van der Waals surface area contributed by atoms with Crippen molar-refractivity contribution < 1.29 is 4.74 Å². The zero-order valence-corrected chi connectivity index (χ0v) is 13.0. The lowest BCUT2D eigenvalue weighted by Gasteiger charge is -2.23. The van der Waals surface area contributed by atoms with Crippen molar-refractivity contribution in [1.29, 1.82) is 0 Å². The van der Waals surface area contributed by atoms with E-state index in [0.717, 1.165) is 5.75 Å². The molecule has 3 atom stereocenters. The summed E-state index contributed by atoms with van der Waals surface area (Å²) in [6.45, 7) is 4.59. The number of hydrogen-bond donors (Lipinski definition) is 0. The third-order valence-corrected chi connectivity index (χ3v) is 4.89. The predicted molar refractivity (Wildman–Crippen MR) is 85.9 cm³/mol. The number of ether oxygens (including phenoxy) is 1. The molecule has 1 aromatic heterocycles. The number of pyridine rings is 1. The van der Waals surface area contributed by atoms with Gasteiger partial charge in [0, 0.05) is 17.8 Å². The summed E-state index contributed by atoms with van der Waals surface area (Å²) in [6, 6.07) is 12.8. The number of benzene rings is 1. The van der Waals surface area contributed by atoms with E-state index in [2.05, 4.69) is 49.2 Å². The van der Waals surface area contributed by atoms with Crippen molar-refractivity contribution in [3.63, 3.8) is 0 Å². The standard InChI is InChI=1S/C19H23NO/c1-4-14-15(5-2)19(18-8-6-7-11-20-18)17-12-13(21-3)9-10-16(14)17/h6-12,14-15,19H,4-5H2,1-3H3/t14-,15+,19+/m0/s1. The molecule has 2 aromatic rings. The van der Waals surface area contributed by atoms with Gasteiger partial charge in [-0.15, -0.1) is 0 Å². The van der Waals surface area contributed by atoms with Gasteiger partial charge in [-0.1, -0.05) is 32.4 Å². The Morgan fingerprint density at radius 3 is 2.52 bits per heavy atom. The molecule has 2 nitrogen and oxygen atoms in total. The molecule has 0 unspecified atom stereocenters. The van der Waals surface area contributed by atoms with Gasteiger partial charge in [0.25, 0.3) is 0 Å². The second kappa shape index (κ2) is 5.88. The first-order chi connectivity index (χ1) is 10.3. The first kappa shape index (κ1) is 14.1. The normalized spacial score (nSPS) is 23.9. The van der Waals surface area contributed by atoms with E-state index < -0.39 is 0 Å². The lowest BCUT2D eigenvalue weighted by molar-refractivity contribution is 0.393. The van der Waals surface area contributed by atoms with E-state index in [-0.39, 0.29) is 0 Å². The van der Waals surface area contributed by atoms with Gasteiger partial charge in [0.05, 0.1) is 7.11 Å². The maximum atomic E-state index is 5.44. The highest BCUT2D eigenvalue weighted by atomic mass is 16.5. The van der Waals surface area contributed by atoms with Gasteiger partial charge in [0.2, 0.25) is 0 Å². The summed E-state index contributed by atoms with van der Waals surface area (Å²) in [5, 5.41) is 0. The molecule has 3 rings (SSSR count). The maximum Gasteiger partial charge on any atom is 0.119 e. The Bertz CT molecular complexity index is 608. The summed E-state index contributed by atoms with van der Waals surface area (Å²) in [6.07, 6.45) is 4.26. The second-order valence-corrected chi connectivity index (χ2v) is 5.81. The highest BCUT2D eigenvalue weighted by Gasteiger charge is 2.40. The predicted octanol–water partition coefficient (Wildman–Crippen LogP) is 4.76. The third-order valence-electron chi connectivity index (χ3n) is 4.89. The summed E-state index contributed by atoms with van der Waals surface area (Å²) in [5.41, 5.74) is 4.09. The Morgan fingerprint density at radius 1 is 1.05 bits per heavy atom. The Kier molecular flexibility index (Phi) is 3.96. The Labute approximate surface area is 127 Å². The molecule has 1 aromatic carbocycles. The largest absolute Gasteiger partial charge is 0.497 e. The molecular formula is C19H23NO. The van der Waals surface area contributed by atoms with Gasteiger partial charge in [0.1, 0.15) is 5.75 Å². The van der Waals surface area contributed by atoms with Crippen molar-refractivity contribution >= 4 is 0 Å². The molecule has 0 saturated heterocycles. The molecule has 1 aliphatic rings. The lowest BCUT2D eigenvalue weighted by Crippen LogP contribution is -2.13. The fraction of sp³-hybridized carbons (Fsp3) is 0.421. The molecule has 0 fully saturated rings. The maximum absolute atomic E-state index is 5.44. The minimum absolute atomic E-state index is 0.395. The minimum atomic E-state index is 0.395. The molecule has 2 heteroatoms. The van der Waals surface area contributed by atoms with Crippen LogP contribution in [0.4, 0.5) is 0 Å². The summed E-state index contributed by atoms with van der Waals surface area (Å²) in [5.74, 6) is 2.60. The van der Waals surface area contributed by atoms with Crippen molar-refractivity contribution in [3.8, 4) is 5.75 Å². The van der Waals surface area contributed by atoms with Gasteiger partial charge < -0.3 is 4.74 Å². The lowest BCUT2D eigenvalue weighted by atomic mass is 9.82. The summed E-state index contributed by atoms with van der Waals surface area (Å²) in [4.78, 5) is 4.64. The zero-order chi connectivity index (χ0) is 14.8. The number of methoxy groups -OCH3 is 1. The Hall–Kier alpha value is -1.83. The third kappa shape index (κ3) is 2.33. The van der Waals surface area contributed by atoms with Gasteiger partial charge in [0.15, 0.2) is 0 Å². The van der Waals surface area contributed by atoms with Crippen LogP contribution in [-0.2, 0) is 0 Å². The van der Waals surface area contributed by atoms with Crippen LogP contribution in [-0.4, -0.2) is 12.1 Å². The van der Waals surface area contributed by atoms with Gasteiger partial charge in [-0.2, -0.15) is 0 Å². The number of rotatable bonds is 4. The van der Waals surface area contributed by atoms with Crippen LogP contribution in [0.1, 0.15) is 55.3 Å². The van der Waals surface area contributed by atoms with E-state index >= 15 is 0 Å². The second-order valence-electron chi connectivity index (χ2n) is 5.81. The SMILES string of the molecule is CC[C@H]1[C@@H](c2ccccn2)c2cc(OC)ccc2[C@H]1CC. The smallest absolute Gasteiger partial charge is 0.119 e. The van der Waals surface area contributed by atoms with Crippen molar-refractivity contribution in [1.82, 2.24) is 4.98 Å². The van der Waals surface area contributed by atoms with Gasteiger partial charge in [-0.25, -0.2) is 0 Å². The van der Waals surface area contributed by atoms with Crippen molar-refractivity contribution in [2.75, 3.05) is 7.11 Å². The number of nitrogens with zero attached hydrogens (tertiary/aromatic N) is 1. The molecule has 0 amide bonds. The van der Waals surface area contributed by atoms with Crippen LogP contribution in [0.5, 0.6) is 5.75 Å². The van der Waals surface area contributed by atoms with E-state index in [9.17, 15) is 0 Å². The van der Waals surface area contributed by atoms with Crippen molar-refractivity contribution in [2.24, 2.45) is 5.92 Å². The van der Waals surface area contributed by atoms with Gasteiger partial charge in [-0.05, 0) is 53.6 Å². The molecule has 0 bridgehead atoms. The van der Waals surface area contributed by atoms with E-state index in [1.54, 1.807) is 7.11 Å². The number of aromatic nitrogens is 1. The van der Waals surface area contributed by atoms with Crippen LogP contribution in [0.25, 0.3) is 0 Å². The van der Waals surface area contributed by atoms with Crippen LogP contribution in [0.3, 0.4) is 0 Å². The molecule has 0 N–H and O–H groups in total. The molecule has 0 radical (unpaired) electrons. The molecular weight excluding hydrogens is 258 g/mol.